The van der Waals surface area contributed by atoms with Crippen LogP contribution in [0, 0.1) is 5.92 Å². The molecule has 1 N–H and O–H groups in total. The summed E-state index contributed by atoms with van der Waals surface area (Å²) in [6.07, 6.45) is 5.23. The average molecular weight is 554 g/mol. The highest BCUT2D eigenvalue weighted by atomic mass is 16.5. The molecule has 8 heteroatoms. The van der Waals surface area contributed by atoms with Gasteiger partial charge in [-0.25, -0.2) is 19.5 Å². The topological polar surface area (TPSA) is 80.5 Å². The van der Waals surface area contributed by atoms with Crippen molar-refractivity contribution in [3.05, 3.63) is 103 Å². The quantitative estimate of drug-likeness (QED) is 0.216. The summed E-state index contributed by atoms with van der Waals surface area (Å²) in [5.74, 6) is 4.15. The first-order valence-corrected chi connectivity index (χ1v) is 14.7. The monoisotopic (exact) mass is 553 g/mol. The first kappa shape index (κ1) is 24.9. The number of hydrogen-bond donors (Lipinski definition) is 1. The fraction of sp³-hybridized carbons (Fsp3) is 0.235. The van der Waals surface area contributed by atoms with Crippen molar-refractivity contribution in [2.24, 2.45) is 5.92 Å². The molecule has 0 amide bonds. The molecule has 4 heterocycles. The maximum atomic E-state index is 6.03. The van der Waals surface area contributed by atoms with E-state index in [2.05, 4.69) is 33.4 Å². The van der Waals surface area contributed by atoms with E-state index in [1.54, 1.807) is 6.33 Å². The van der Waals surface area contributed by atoms with Crippen molar-refractivity contribution in [1.29, 1.82) is 0 Å². The van der Waals surface area contributed by atoms with E-state index in [1.807, 2.05) is 77.3 Å². The Hall–Kier alpha value is -4.82. The fourth-order valence-corrected chi connectivity index (χ4v) is 6.11. The molecule has 0 bridgehead atoms. The number of pyridine rings is 1. The van der Waals surface area contributed by atoms with Crippen molar-refractivity contribution < 1.29 is 4.74 Å². The van der Waals surface area contributed by atoms with Crippen LogP contribution < -0.4 is 10.1 Å². The van der Waals surface area contributed by atoms with Gasteiger partial charge in [0.05, 0.1) is 5.52 Å². The maximum absolute atomic E-state index is 6.03. The number of para-hydroxylation sites is 2. The molecule has 3 aromatic heterocycles. The van der Waals surface area contributed by atoms with Crippen LogP contribution in [0.25, 0.3) is 27.7 Å². The smallest absolute Gasteiger partial charge is 0.219 e. The summed E-state index contributed by atoms with van der Waals surface area (Å²) in [4.78, 5) is 17.4. The van der Waals surface area contributed by atoms with Gasteiger partial charge >= 0.3 is 0 Å². The summed E-state index contributed by atoms with van der Waals surface area (Å²) in [5.41, 5.74) is 4.51. The zero-order valence-electron chi connectivity index (χ0n) is 23.2. The van der Waals surface area contributed by atoms with Gasteiger partial charge in [-0.3, -0.25) is 0 Å². The molecule has 3 aromatic carbocycles. The summed E-state index contributed by atoms with van der Waals surface area (Å²) in [6.45, 7) is 3.69. The number of hydrogen-bond acceptors (Lipinski definition) is 7. The lowest BCUT2D eigenvalue weighted by Crippen LogP contribution is -2.43. The molecule has 42 heavy (non-hydrogen) atoms. The Bertz CT molecular complexity index is 1860. The molecule has 0 unspecified atom stereocenters. The van der Waals surface area contributed by atoms with Crippen molar-refractivity contribution >= 4 is 27.9 Å². The molecule has 0 atom stereocenters. The van der Waals surface area contributed by atoms with Crippen molar-refractivity contribution in [1.82, 2.24) is 29.5 Å². The lowest BCUT2D eigenvalue weighted by molar-refractivity contribution is 0.107. The number of imidazole rings is 1. The summed E-state index contributed by atoms with van der Waals surface area (Å²) in [6, 6.07) is 30.1. The molecular weight excluding hydrogens is 522 g/mol. The lowest BCUT2D eigenvalue weighted by Gasteiger charge is -2.41. The van der Waals surface area contributed by atoms with Crippen molar-refractivity contribution in [2.45, 2.75) is 25.2 Å². The van der Waals surface area contributed by atoms with E-state index < -0.39 is 0 Å². The standard InChI is InChI=1S/C34H31N7O/c1-3-8-27(9-4-1)37-33-32-31(39-34(41(32)36-22-35-33)26-18-23(19-26)21-40-16-7-17-40)25-13-12-24-14-15-30(38-29(24)20-25)42-28-10-5-2-6-11-28/h1-6,8-15,20,22-23,26H,7,16-19,21H2,(H,35,36,37). The van der Waals surface area contributed by atoms with Gasteiger partial charge in [-0.1, -0.05) is 48.5 Å². The van der Waals surface area contributed by atoms with Crippen LogP contribution in [0.5, 0.6) is 11.6 Å². The minimum absolute atomic E-state index is 0.376. The number of nitrogens with one attached hydrogen (secondary N) is 1. The van der Waals surface area contributed by atoms with Gasteiger partial charge in [0.15, 0.2) is 5.82 Å². The SMILES string of the molecule is c1ccc(Nc2ncnn3c(C4CC(CN5CCC5)C4)nc(-c4ccc5ccc(Oc6ccccc6)nc5c4)c23)cc1. The Morgan fingerprint density at radius 3 is 2.43 bits per heavy atom. The second-order valence-electron chi connectivity index (χ2n) is 11.3. The van der Waals surface area contributed by atoms with Crippen LogP contribution in [0.1, 0.15) is 31.0 Å². The van der Waals surface area contributed by atoms with Gasteiger partial charge in [0.1, 0.15) is 29.1 Å². The van der Waals surface area contributed by atoms with E-state index in [0.717, 1.165) is 69.5 Å². The Labute approximate surface area is 244 Å². The van der Waals surface area contributed by atoms with Gasteiger partial charge in [0, 0.05) is 35.2 Å². The van der Waals surface area contributed by atoms with E-state index >= 15 is 0 Å². The second-order valence-corrected chi connectivity index (χ2v) is 11.3. The number of likely N-dealkylation sites (tertiary alicyclic amines) is 1. The molecule has 2 aliphatic rings. The Morgan fingerprint density at radius 2 is 1.64 bits per heavy atom. The highest BCUT2D eigenvalue weighted by Gasteiger charge is 2.36. The number of benzene rings is 3. The normalized spacial score (nSPS) is 18.5. The van der Waals surface area contributed by atoms with Crippen LogP contribution in [0.2, 0.25) is 0 Å². The van der Waals surface area contributed by atoms with Gasteiger partial charge in [0.25, 0.3) is 0 Å². The van der Waals surface area contributed by atoms with E-state index in [0.29, 0.717) is 11.8 Å². The third-order valence-electron chi connectivity index (χ3n) is 8.47. The van der Waals surface area contributed by atoms with Crippen LogP contribution in [0.3, 0.4) is 0 Å². The predicted molar refractivity (Wildman–Crippen MR) is 164 cm³/mol. The largest absolute Gasteiger partial charge is 0.439 e. The molecule has 208 valence electrons. The first-order chi connectivity index (χ1) is 20.8. The molecule has 1 aliphatic heterocycles. The minimum atomic E-state index is 0.376. The van der Waals surface area contributed by atoms with Gasteiger partial charge < -0.3 is 15.0 Å². The van der Waals surface area contributed by atoms with Crippen LogP contribution in [0.15, 0.2) is 97.3 Å². The minimum Gasteiger partial charge on any atom is -0.439 e. The van der Waals surface area contributed by atoms with Crippen LogP contribution in [0.4, 0.5) is 11.5 Å². The van der Waals surface area contributed by atoms with E-state index in [9.17, 15) is 0 Å². The Balaban J connectivity index is 1.19. The number of fused-ring (bicyclic) bond motifs is 2. The van der Waals surface area contributed by atoms with Crippen molar-refractivity contribution in [2.75, 3.05) is 25.0 Å². The van der Waals surface area contributed by atoms with Gasteiger partial charge in [-0.05, 0) is 74.7 Å². The molecule has 1 aliphatic carbocycles. The molecule has 0 radical (unpaired) electrons. The first-order valence-electron chi connectivity index (χ1n) is 14.7. The molecule has 6 aromatic rings. The van der Waals surface area contributed by atoms with Crippen molar-refractivity contribution in [3.8, 4) is 22.9 Å². The molecule has 1 saturated carbocycles. The predicted octanol–water partition coefficient (Wildman–Crippen LogP) is 7.07. The van der Waals surface area contributed by atoms with Crippen LogP contribution in [-0.4, -0.2) is 49.1 Å². The van der Waals surface area contributed by atoms with Crippen molar-refractivity contribution in [3.63, 3.8) is 0 Å². The zero-order valence-corrected chi connectivity index (χ0v) is 23.2. The average Bonchev–Trinajstić information content (AvgIpc) is 3.36. The third kappa shape index (κ3) is 4.73. The Morgan fingerprint density at radius 1 is 0.857 bits per heavy atom. The van der Waals surface area contributed by atoms with Gasteiger partial charge in [-0.2, -0.15) is 5.10 Å². The highest BCUT2D eigenvalue weighted by Crippen LogP contribution is 2.44. The molecular formula is C34H31N7O. The number of nitrogens with zero attached hydrogens (tertiary/aromatic N) is 6. The van der Waals surface area contributed by atoms with Gasteiger partial charge in [-0.15, -0.1) is 0 Å². The van der Waals surface area contributed by atoms with Gasteiger partial charge in [0.2, 0.25) is 5.88 Å². The summed E-state index contributed by atoms with van der Waals surface area (Å²) >= 11 is 0. The number of ether oxygens (including phenoxy) is 1. The Kier molecular flexibility index (Phi) is 6.26. The molecule has 2 fully saturated rings. The molecule has 8 nitrogen and oxygen atoms in total. The van der Waals surface area contributed by atoms with Crippen LogP contribution >= 0.6 is 0 Å². The number of anilines is 2. The number of rotatable bonds is 8. The maximum Gasteiger partial charge on any atom is 0.219 e. The molecule has 1 saturated heterocycles. The zero-order chi connectivity index (χ0) is 27.9. The fourth-order valence-electron chi connectivity index (χ4n) is 6.11. The second kappa shape index (κ2) is 10.5. The van der Waals surface area contributed by atoms with E-state index in [1.165, 1.54) is 26.1 Å². The molecule has 0 spiro atoms. The number of aromatic nitrogens is 5. The third-order valence-corrected chi connectivity index (χ3v) is 8.47. The van der Waals surface area contributed by atoms with E-state index in [4.69, 9.17) is 19.8 Å². The summed E-state index contributed by atoms with van der Waals surface area (Å²) in [5, 5.41) is 9.28. The summed E-state index contributed by atoms with van der Waals surface area (Å²) < 4.78 is 8.04. The summed E-state index contributed by atoms with van der Waals surface area (Å²) in [7, 11) is 0. The lowest BCUT2D eigenvalue weighted by atomic mass is 9.74. The molecule has 8 rings (SSSR count). The highest BCUT2D eigenvalue weighted by molar-refractivity contribution is 5.92. The van der Waals surface area contributed by atoms with E-state index in [-0.39, 0.29) is 0 Å². The van der Waals surface area contributed by atoms with Crippen LogP contribution in [-0.2, 0) is 0 Å².